The number of ether oxygens (including phenoxy) is 1. The molecule has 1 heterocycles. The molecule has 0 aromatic carbocycles. The molecule has 2 rings (SSSR count). The summed E-state index contributed by atoms with van der Waals surface area (Å²) >= 11 is 0. The standard InChI is InChI=1S/C8H11NO3/c10-7(11)3-6-4-9-8(12-6)5-1-2-5/h5-6H,1-4H2,(H,10,11). The van der Waals surface area contributed by atoms with E-state index >= 15 is 0 Å². The molecule has 1 atom stereocenters. The lowest BCUT2D eigenvalue weighted by Gasteiger charge is -2.07. The van der Waals surface area contributed by atoms with Crippen molar-refractivity contribution in [2.24, 2.45) is 10.9 Å². The SMILES string of the molecule is O=C(O)CC1CN=C(C2CC2)O1. The Bertz CT molecular complexity index is 232. The molecular weight excluding hydrogens is 158 g/mol. The Morgan fingerprint density at radius 3 is 3.00 bits per heavy atom. The molecule has 4 nitrogen and oxygen atoms in total. The van der Waals surface area contributed by atoms with Gasteiger partial charge in [-0.3, -0.25) is 9.79 Å². The van der Waals surface area contributed by atoms with Crippen LogP contribution in [-0.2, 0) is 9.53 Å². The molecule has 1 fully saturated rings. The van der Waals surface area contributed by atoms with Crippen LogP contribution in [0, 0.1) is 5.92 Å². The summed E-state index contributed by atoms with van der Waals surface area (Å²) < 4.78 is 5.37. The van der Waals surface area contributed by atoms with Gasteiger partial charge in [-0.05, 0) is 12.8 Å². The monoisotopic (exact) mass is 169 g/mol. The Morgan fingerprint density at radius 1 is 1.67 bits per heavy atom. The summed E-state index contributed by atoms with van der Waals surface area (Å²) in [5.41, 5.74) is 0. The molecule has 0 aromatic heterocycles. The predicted molar refractivity (Wildman–Crippen MR) is 42.2 cm³/mol. The third-order valence-electron chi connectivity index (χ3n) is 2.07. The minimum absolute atomic E-state index is 0.0692. The van der Waals surface area contributed by atoms with Gasteiger partial charge < -0.3 is 9.84 Å². The quantitative estimate of drug-likeness (QED) is 0.675. The Balaban J connectivity index is 1.81. The molecule has 0 bridgehead atoms. The first-order chi connectivity index (χ1) is 5.75. The van der Waals surface area contributed by atoms with Gasteiger partial charge in [0.1, 0.15) is 6.10 Å². The highest BCUT2D eigenvalue weighted by atomic mass is 16.5. The second-order valence-corrected chi connectivity index (χ2v) is 3.29. The summed E-state index contributed by atoms with van der Waals surface area (Å²) in [5.74, 6) is 0.484. The van der Waals surface area contributed by atoms with Crippen LogP contribution in [0.25, 0.3) is 0 Å². The molecule has 0 radical (unpaired) electrons. The van der Waals surface area contributed by atoms with Crippen molar-refractivity contribution in [3.63, 3.8) is 0 Å². The molecule has 4 heteroatoms. The maximum atomic E-state index is 10.3. The summed E-state index contributed by atoms with van der Waals surface area (Å²) in [6.45, 7) is 0.526. The van der Waals surface area contributed by atoms with E-state index in [1.807, 2.05) is 0 Å². The lowest BCUT2D eigenvalue weighted by atomic mass is 10.3. The number of carboxylic acid groups (broad SMARTS) is 1. The third-order valence-corrected chi connectivity index (χ3v) is 2.07. The molecule has 12 heavy (non-hydrogen) atoms. The molecule has 1 N–H and O–H groups in total. The zero-order valence-corrected chi connectivity index (χ0v) is 6.69. The van der Waals surface area contributed by atoms with Gasteiger partial charge in [0.25, 0.3) is 0 Å². The van der Waals surface area contributed by atoms with E-state index in [2.05, 4.69) is 4.99 Å². The number of carboxylic acids is 1. The van der Waals surface area contributed by atoms with E-state index in [1.165, 1.54) is 0 Å². The molecule has 1 aliphatic carbocycles. The first-order valence-corrected chi connectivity index (χ1v) is 4.18. The topological polar surface area (TPSA) is 58.9 Å². The van der Waals surface area contributed by atoms with Crippen molar-refractivity contribution in [3.8, 4) is 0 Å². The molecule has 0 spiro atoms. The molecule has 0 saturated heterocycles. The molecule has 1 saturated carbocycles. The van der Waals surface area contributed by atoms with E-state index in [-0.39, 0.29) is 12.5 Å². The highest BCUT2D eigenvalue weighted by Crippen LogP contribution is 2.33. The van der Waals surface area contributed by atoms with Gasteiger partial charge in [-0.15, -0.1) is 0 Å². The van der Waals surface area contributed by atoms with Crippen LogP contribution in [-0.4, -0.2) is 29.6 Å². The van der Waals surface area contributed by atoms with Crippen molar-refractivity contribution >= 4 is 11.9 Å². The van der Waals surface area contributed by atoms with Crippen LogP contribution < -0.4 is 0 Å². The summed E-state index contributed by atoms with van der Waals surface area (Å²) in [7, 11) is 0. The second kappa shape index (κ2) is 2.77. The minimum atomic E-state index is -0.813. The largest absolute Gasteiger partial charge is 0.481 e. The first-order valence-electron chi connectivity index (χ1n) is 4.18. The van der Waals surface area contributed by atoms with Gasteiger partial charge in [0.15, 0.2) is 5.90 Å². The van der Waals surface area contributed by atoms with E-state index in [0.29, 0.717) is 12.5 Å². The maximum absolute atomic E-state index is 10.3. The van der Waals surface area contributed by atoms with E-state index in [4.69, 9.17) is 9.84 Å². The number of hydrogen-bond acceptors (Lipinski definition) is 3. The van der Waals surface area contributed by atoms with E-state index < -0.39 is 5.97 Å². The summed E-state index contributed by atoms with van der Waals surface area (Å²) in [6, 6.07) is 0. The van der Waals surface area contributed by atoms with E-state index in [9.17, 15) is 4.79 Å². The second-order valence-electron chi connectivity index (χ2n) is 3.29. The van der Waals surface area contributed by atoms with Crippen LogP contribution in [0.5, 0.6) is 0 Å². The predicted octanol–water partition coefficient (Wildman–Crippen LogP) is 0.668. The number of carbonyl (C=O) groups is 1. The van der Waals surface area contributed by atoms with Crippen LogP contribution in [0.15, 0.2) is 4.99 Å². The summed E-state index contributed by atoms with van der Waals surface area (Å²) in [6.07, 6.45) is 2.16. The van der Waals surface area contributed by atoms with Gasteiger partial charge in [0.2, 0.25) is 0 Å². The van der Waals surface area contributed by atoms with Gasteiger partial charge in [-0.2, -0.15) is 0 Å². The number of rotatable bonds is 3. The normalized spacial score (nSPS) is 28.0. The molecule has 1 aliphatic heterocycles. The van der Waals surface area contributed by atoms with Gasteiger partial charge in [0, 0.05) is 5.92 Å². The fourth-order valence-corrected chi connectivity index (χ4v) is 1.29. The first kappa shape index (κ1) is 7.58. The summed E-state index contributed by atoms with van der Waals surface area (Å²) in [4.78, 5) is 14.5. The summed E-state index contributed by atoms with van der Waals surface area (Å²) in [5, 5.41) is 8.48. The lowest BCUT2D eigenvalue weighted by Crippen LogP contribution is -2.18. The zero-order chi connectivity index (χ0) is 8.55. The van der Waals surface area contributed by atoms with Crippen LogP contribution in [0.4, 0.5) is 0 Å². The van der Waals surface area contributed by atoms with E-state index in [1.54, 1.807) is 0 Å². The van der Waals surface area contributed by atoms with Crippen molar-refractivity contribution < 1.29 is 14.6 Å². The molecule has 2 aliphatic rings. The molecule has 0 amide bonds. The Morgan fingerprint density at radius 2 is 2.42 bits per heavy atom. The highest BCUT2D eigenvalue weighted by molar-refractivity contribution is 5.83. The number of nitrogens with zero attached hydrogens (tertiary/aromatic N) is 1. The van der Waals surface area contributed by atoms with Crippen LogP contribution in [0.3, 0.4) is 0 Å². The van der Waals surface area contributed by atoms with Crippen molar-refractivity contribution in [2.75, 3.05) is 6.54 Å². The van der Waals surface area contributed by atoms with Gasteiger partial charge in [-0.25, -0.2) is 0 Å². The van der Waals surface area contributed by atoms with Crippen molar-refractivity contribution in [3.05, 3.63) is 0 Å². The number of aliphatic imine (C=N–C) groups is 1. The van der Waals surface area contributed by atoms with Gasteiger partial charge in [-0.1, -0.05) is 0 Å². The van der Waals surface area contributed by atoms with Crippen LogP contribution in [0.2, 0.25) is 0 Å². The average Bonchev–Trinajstić information content (AvgIpc) is 2.73. The van der Waals surface area contributed by atoms with Crippen molar-refractivity contribution in [1.82, 2.24) is 0 Å². The number of aliphatic carboxylic acids is 1. The zero-order valence-electron chi connectivity index (χ0n) is 6.69. The molecule has 0 aromatic rings. The van der Waals surface area contributed by atoms with Crippen molar-refractivity contribution in [1.29, 1.82) is 0 Å². The Hall–Kier alpha value is -1.06. The van der Waals surface area contributed by atoms with E-state index in [0.717, 1.165) is 18.7 Å². The van der Waals surface area contributed by atoms with Crippen molar-refractivity contribution in [2.45, 2.75) is 25.4 Å². The Kier molecular flexibility index (Phi) is 1.75. The smallest absolute Gasteiger partial charge is 0.307 e. The lowest BCUT2D eigenvalue weighted by molar-refractivity contribution is -0.138. The van der Waals surface area contributed by atoms with Crippen LogP contribution in [0.1, 0.15) is 19.3 Å². The third kappa shape index (κ3) is 1.57. The number of hydrogen-bond donors (Lipinski definition) is 1. The molecule has 66 valence electrons. The Labute approximate surface area is 70.2 Å². The fraction of sp³-hybridized carbons (Fsp3) is 0.750. The molecule has 1 unspecified atom stereocenters. The van der Waals surface area contributed by atoms with Crippen LogP contribution >= 0.6 is 0 Å². The minimum Gasteiger partial charge on any atom is -0.481 e. The fourth-order valence-electron chi connectivity index (χ4n) is 1.29. The molecular formula is C8H11NO3. The highest BCUT2D eigenvalue weighted by Gasteiger charge is 2.34. The van der Waals surface area contributed by atoms with Gasteiger partial charge in [0.05, 0.1) is 13.0 Å². The maximum Gasteiger partial charge on any atom is 0.307 e. The van der Waals surface area contributed by atoms with Gasteiger partial charge >= 0.3 is 5.97 Å². The average molecular weight is 169 g/mol.